The van der Waals surface area contributed by atoms with E-state index in [-0.39, 0.29) is 11.5 Å². The molecular weight excluding hydrogens is 458 g/mol. The van der Waals surface area contributed by atoms with Crippen molar-refractivity contribution >= 4 is 23.2 Å². The molecule has 3 aromatic rings. The second-order valence-electron chi connectivity index (χ2n) is 10.3. The predicted octanol–water partition coefficient (Wildman–Crippen LogP) is 5.38. The molecule has 1 aromatic carbocycles. The summed E-state index contributed by atoms with van der Waals surface area (Å²) in [7, 11) is 1.70. The van der Waals surface area contributed by atoms with Gasteiger partial charge in [0.2, 0.25) is 0 Å². The number of nitrogens with zero attached hydrogens (tertiary/aromatic N) is 5. The normalized spacial score (nSPS) is 19.3. The van der Waals surface area contributed by atoms with Crippen molar-refractivity contribution in [3.8, 4) is 11.4 Å². The number of rotatable bonds is 5. The van der Waals surface area contributed by atoms with E-state index in [9.17, 15) is 0 Å². The average molecular weight is 492 g/mol. The largest absolute Gasteiger partial charge is 0.495 e. The van der Waals surface area contributed by atoms with Crippen LogP contribution in [0.25, 0.3) is 11.8 Å². The summed E-state index contributed by atoms with van der Waals surface area (Å²) < 4.78 is 7.69. The minimum absolute atomic E-state index is 0.0682. The Balaban J connectivity index is 1.37. The minimum Gasteiger partial charge on any atom is -0.495 e. The number of aryl methyl sites for hydroxylation is 1. The van der Waals surface area contributed by atoms with Crippen LogP contribution in [0, 0.1) is 6.92 Å². The second kappa shape index (κ2) is 9.49. The third-order valence-electron chi connectivity index (χ3n) is 6.53. The van der Waals surface area contributed by atoms with Crippen molar-refractivity contribution in [3.63, 3.8) is 0 Å². The number of benzene rings is 1. The Kier molecular flexibility index (Phi) is 6.40. The first-order valence-electron chi connectivity index (χ1n) is 12.1. The van der Waals surface area contributed by atoms with Crippen molar-refractivity contribution in [3.05, 3.63) is 63.6 Å². The molecule has 184 valence electrons. The van der Waals surface area contributed by atoms with Gasteiger partial charge in [-0.3, -0.25) is 0 Å². The van der Waals surface area contributed by atoms with Crippen molar-refractivity contribution in [1.29, 1.82) is 0 Å². The van der Waals surface area contributed by atoms with Crippen LogP contribution in [0.3, 0.4) is 0 Å². The number of fused-ring (bicyclic) bond motifs is 1. The zero-order valence-corrected chi connectivity index (χ0v) is 21.9. The fourth-order valence-electron chi connectivity index (χ4n) is 4.59. The number of imidazole rings is 1. The SMILES string of the molecule is COc1cc(/C=C2\CCCN3C2=NOCC3Cc2nc(C(C)(C)C)cs2)ccc1-n1cnc(C)c1. The van der Waals surface area contributed by atoms with Crippen LogP contribution in [0.1, 0.15) is 55.6 Å². The Morgan fingerprint density at radius 3 is 2.86 bits per heavy atom. The molecule has 0 aliphatic carbocycles. The highest BCUT2D eigenvalue weighted by Gasteiger charge is 2.33. The fraction of sp³-hybridized carbons (Fsp3) is 0.444. The lowest BCUT2D eigenvalue weighted by Crippen LogP contribution is -2.50. The van der Waals surface area contributed by atoms with Crippen LogP contribution < -0.4 is 4.74 Å². The number of ether oxygens (including phenoxy) is 1. The standard InChI is InChI=1S/C27H33N5O2S/c1-18-14-31(17-28-18)22-9-8-19(12-23(22)33-5)11-20-7-6-10-32-21(15-34-30-26(20)32)13-25-29-24(16-35-25)27(2,3)4/h8-9,11-12,14,16-17,21H,6-7,10,13,15H2,1-5H3/b20-11+. The third-order valence-corrected chi connectivity index (χ3v) is 7.40. The zero-order chi connectivity index (χ0) is 24.6. The van der Waals surface area contributed by atoms with Gasteiger partial charge in [0.25, 0.3) is 0 Å². The molecule has 0 bridgehead atoms. The Morgan fingerprint density at radius 2 is 2.14 bits per heavy atom. The third kappa shape index (κ3) is 4.98. The maximum absolute atomic E-state index is 5.74. The Labute approximate surface area is 211 Å². The predicted molar refractivity (Wildman–Crippen MR) is 140 cm³/mol. The van der Waals surface area contributed by atoms with Gasteiger partial charge in [0.1, 0.15) is 12.4 Å². The molecule has 0 radical (unpaired) electrons. The number of hydrogen-bond donors (Lipinski definition) is 0. The smallest absolute Gasteiger partial charge is 0.171 e. The summed E-state index contributed by atoms with van der Waals surface area (Å²) >= 11 is 1.75. The molecule has 1 fully saturated rings. The summed E-state index contributed by atoms with van der Waals surface area (Å²) in [5, 5.41) is 7.84. The quantitative estimate of drug-likeness (QED) is 0.480. The number of amidine groups is 1. The highest BCUT2D eigenvalue weighted by Crippen LogP contribution is 2.31. The first kappa shape index (κ1) is 23.6. The lowest BCUT2D eigenvalue weighted by molar-refractivity contribution is 0.0579. The lowest BCUT2D eigenvalue weighted by atomic mass is 9.93. The van der Waals surface area contributed by atoms with E-state index in [1.54, 1.807) is 18.4 Å². The monoisotopic (exact) mass is 491 g/mol. The van der Waals surface area contributed by atoms with E-state index in [4.69, 9.17) is 14.6 Å². The van der Waals surface area contributed by atoms with Gasteiger partial charge in [0, 0.05) is 30.0 Å². The fourth-order valence-corrected chi connectivity index (χ4v) is 5.68. The molecule has 7 nitrogen and oxygen atoms in total. The number of oxime groups is 1. The van der Waals surface area contributed by atoms with Crippen LogP contribution in [0.15, 0.2) is 46.8 Å². The van der Waals surface area contributed by atoms with Crippen LogP contribution in [0.2, 0.25) is 0 Å². The molecule has 2 aliphatic heterocycles. The van der Waals surface area contributed by atoms with Crippen molar-refractivity contribution < 1.29 is 9.57 Å². The first-order valence-corrected chi connectivity index (χ1v) is 13.0. The topological polar surface area (TPSA) is 64.8 Å². The summed E-state index contributed by atoms with van der Waals surface area (Å²) in [5.41, 5.74) is 5.45. The van der Waals surface area contributed by atoms with Gasteiger partial charge in [-0.15, -0.1) is 11.3 Å². The van der Waals surface area contributed by atoms with Gasteiger partial charge >= 0.3 is 0 Å². The van der Waals surface area contributed by atoms with Crippen molar-refractivity contribution in [2.45, 2.75) is 58.4 Å². The molecule has 0 amide bonds. The Bertz CT molecular complexity index is 1270. The molecule has 0 spiro atoms. The highest BCUT2D eigenvalue weighted by atomic mass is 32.1. The molecule has 0 saturated carbocycles. The van der Waals surface area contributed by atoms with E-state index in [0.717, 1.165) is 65.0 Å². The summed E-state index contributed by atoms with van der Waals surface area (Å²) in [6.45, 7) is 10.2. The first-order chi connectivity index (χ1) is 16.8. The summed E-state index contributed by atoms with van der Waals surface area (Å²) in [6, 6.07) is 6.50. The van der Waals surface area contributed by atoms with Gasteiger partial charge in [-0.25, -0.2) is 9.97 Å². The molecular formula is C27H33N5O2S. The molecule has 1 saturated heterocycles. The van der Waals surface area contributed by atoms with Crippen LogP contribution in [-0.2, 0) is 16.7 Å². The maximum Gasteiger partial charge on any atom is 0.171 e. The van der Waals surface area contributed by atoms with Gasteiger partial charge in [-0.2, -0.15) is 0 Å². The van der Waals surface area contributed by atoms with Gasteiger partial charge in [0.05, 0.1) is 41.6 Å². The second-order valence-corrected chi connectivity index (χ2v) is 11.2. The number of aromatic nitrogens is 3. The molecule has 1 atom stereocenters. The molecule has 8 heteroatoms. The lowest BCUT2D eigenvalue weighted by Gasteiger charge is -2.39. The van der Waals surface area contributed by atoms with Crippen LogP contribution in [0.4, 0.5) is 0 Å². The molecule has 0 N–H and O–H groups in total. The van der Waals surface area contributed by atoms with E-state index in [1.165, 1.54) is 5.57 Å². The van der Waals surface area contributed by atoms with Crippen LogP contribution in [-0.4, -0.2) is 51.6 Å². The van der Waals surface area contributed by atoms with Gasteiger partial charge < -0.3 is 19.0 Å². The van der Waals surface area contributed by atoms with Gasteiger partial charge in [-0.1, -0.05) is 32.0 Å². The van der Waals surface area contributed by atoms with Crippen LogP contribution in [0.5, 0.6) is 5.75 Å². The highest BCUT2D eigenvalue weighted by molar-refractivity contribution is 7.09. The van der Waals surface area contributed by atoms with Crippen molar-refractivity contribution in [2.24, 2.45) is 5.16 Å². The number of methoxy groups -OCH3 is 1. The number of thiazole rings is 1. The van der Waals surface area contributed by atoms with E-state index >= 15 is 0 Å². The number of piperidine rings is 1. The van der Waals surface area contributed by atoms with E-state index in [0.29, 0.717) is 6.61 Å². The van der Waals surface area contributed by atoms with E-state index in [1.807, 2.05) is 24.0 Å². The van der Waals surface area contributed by atoms with E-state index < -0.39 is 0 Å². The Morgan fingerprint density at radius 1 is 1.29 bits per heavy atom. The number of hydrogen-bond acceptors (Lipinski definition) is 7. The Hall–Kier alpha value is -3.13. The zero-order valence-electron chi connectivity index (χ0n) is 21.1. The summed E-state index contributed by atoms with van der Waals surface area (Å²) in [4.78, 5) is 17.4. The van der Waals surface area contributed by atoms with E-state index in [2.05, 4.69) is 65.5 Å². The maximum atomic E-state index is 5.74. The molecule has 5 rings (SSSR count). The molecule has 1 unspecified atom stereocenters. The molecule has 2 aromatic heterocycles. The molecule has 2 aliphatic rings. The van der Waals surface area contributed by atoms with Gasteiger partial charge in [0.15, 0.2) is 5.84 Å². The van der Waals surface area contributed by atoms with Crippen molar-refractivity contribution in [2.75, 3.05) is 20.3 Å². The molecule has 35 heavy (non-hydrogen) atoms. The summed E-state index contributed by atoms with van der Waals surface area (Å²) in [5.74, 6) is 1.76. The van der Waals surface area contributed by atoms with Crippen LogP contribution >= 0.6 is 11.3 Å². The van der Waals surface area contributed by atoms with Crippen molar-refractivity contribution in [1.82, 2.24) is 19.4 Å². The van der Waals surface area contributed by atoms with Gasteiger partial charge in [-0.05, 0) is 49.1 Å². The summed E-state index contributed by atoms with van der Waals surface area (Å²) in [6.07, 6.45) is 8.96. The molecule has 4 heterocycles. The minimum atomic E-state index is 0.0682. The average Bonchev–Trinajstić information content (AvgIpc) is 3.49.